The maximum absolute atomic E-state index is 15.1. The van der Waals surface area contributed by atoms with Gasteiger partial charge in [0.25, 0.3) is 0 Å². The average Bonchev–Trinajstić information content (AvgIpc) is 2.53. The highest BCUT2D eigenvalue weighted by Gasteiger charge is 2.28. The first-order valence-corrected chi connectivity index (χ1v) is 43.4. The van der Waals surface area contributed by atoms with Crippen molar-refractivity contribution in [3.8, 4) is 23.0 Å². The zero-order valence-electron chi connectivity index (χ0n) is 61.7. The number of sulfonamides is 3. The minimum absolute atomic E-state index is 0.0192. The molecule has 1 aliphatic heterocycles. The second kappa shape index (κ2) is 54.3. The Morgan fingerprint density at radius 2 is 0.531 bits per heavy atom. The first-order valence-electron chi connectivity index (χ1n) is 39.1. The topological polar surface area (TPSA) is 187 Å². The summed E-state index contributed by atoms with van der Waals surface area (Å²) in [6.45, 7) is 11.1. The van der Waals surface area contributed by atoms with Gasteiger partial charge < -0.3 is 30.0 Å². The number of nitrogens with two attached hydrogens (primary N) is 1. The summed E-state index contributed by atoms with van der Waals surface area (Å²) in [5, 5.41) is 3.18. The monoisotopic (exact) mass is 1420 g/mol. The van der Waals surface area contributed by atoms with Gasteiger partial charge >= 0.3 is 0 Å². The highest BCUT2D eigenvalue weighted by Crippen LogP contribution is 2.35. The van der Waals surface area contributed by atoms with Crippen molar-refractivity contribution in [1.82, 2.24) is 12.9 Å². The van der Waals surface area contributed by atoms with Gasteiger partial charge in [-0.25, -0.2) is 25.3 Å². The molecule has 0 aliphatic carbocycles. The second-order valence-corrected chi connectivity index (χ2v) is 32.8. The lowest BCUT2D eigenvalue weighted by Gasteiger charge is -2.22. The number of hydrogen-bond acceptors (Lipinski definition) is 12. The van der Waals surface area contributed by atoms with Crippen LogP contribution in [-0.4, -0.2) is 117 Å². The van der Waals surface area contributed by atoms with Crippen LogP contribution in [-0.2, 0) is 30.1 Å². The molecule has 3 aromatic rings. The fourth-order valence-electron chi connectivity index (χ4n) is 12.2. The minimum Gasteiger partial charge on any atom is -0.490 e. The number of ether oxygens (including phenoxy) is 4. The Hall–Kier alpha value is -4.43. The number of benzene rings is 3. The molecule has 0 atom stereocenters. The normalized spacial score (nSPS) is 15.2. The molecule has 0 unspecified atom stereocenters. The molecule has 0 saturated heterocycles. The van der Waals surface area contributed by atoms with Gasteiger partial charge in [-0.2, -0.15) is 12.9 Å². The summed E-state index contributed by atoms with van der Waals surface area (Å²) in [5.74, 6) is 1.75. The lowest BCUT2D eigenvalue weighted by atomic mass is 10.1. The van der Waals surface area contributed by atoms with Crippen LogP contribution in [0.3, 0.4) is 0 Å². The number of nitrogens with zero attached hydrogens (tertiary/aromatic N) is 3. The van der Waals surface area contributed by atoms with Gasteiger partial charge in [-0.15, -0.1) is 0 Å². The Kier molecular flexibility index (Phi) is 47.6. The van der Waals surface area contributed by atoms with Crippen LogP contribution in [0, 0.1) is 0 Å². The third kappa shape index (κ3) is 35.9. The van der Waals surface area contributed by atoms with Crippen LogP contribution in [0.5, 0.6) is 23.0 Å². The molecule has 558 valence electrons. The molecule has 3 aromatic carbocycles. The van der Waals surface area contributed by atoms with E-state index < -0.39 is 30.1 Å². The molecule has 15 nitrogen and oxygen atoms in total. The molecule has 0 saturated carbocycles. The standard InChI is InChI=1S/C80H135N5O10S3/c1-5-9-13-17-21-25-29-33-37-47-67-92-77-57-55-75(71-79(77)94-69-49-39-35-31-27-23-19-15-11-7-3)97(88,89)84-63-43-41-61-83(96(86,87)74-53-51-73(52-54-74)82-60-59-81)62-42-44-64-85(66-46-45-65-84)98(90,91)76-56-58-78(93-68-48-38-34-30-26-22-18-14-10-6-2)80(72-76)95-70-50-40-36-32-28-24-20-16-12-8-4/h41-46,51-58,71-72,82H,5-40,47-50,59-70,81H2,1-4H3/b43-41-,44-42+,46-45+. The zero-order valence-corrected chi connectivity index (χ0v) is 64.2. The van der Waals surface area contributed by atoms with Crippen molar-refractivity contribution in [2.24, 2.45) is 5.73 Å². The maximum Gasteiger partial charge on any atom is 0.243 e. The largest absolute Gasteiger partial charge is 0.490 e. The van der Waals surface area contributed by atoms with Crippen molar-refractivity contribution in [3.05, 3.63) is 97.1 Å². The van der Waals surface area contributed by atoms with Crippen molar-refractivity contribution in [2.45, 2.75) is 299 Å². The van der Waals surface area contributed by atoms with Crippen LogP contribution in [0.2, 0.25) is 0 Å². The summed E-state index contributed by atoms with van der Waals surface area (Å²) in [4.78, 5) is 0.105. The van der Waals surface area contributed by atoms with Crippen molar-refractivity contribution in [3.63, 3.8) is 0 Å². The minimum atomic E-state index is -4.26. The Balaban J connectivity index is 1.64. The molecule has 18 heteroatoms. The Labute approximate surface area is 598 Å². The summed E-state index contributed by atoms with van der Waals surface area (Å²) in [6.07, 6.45) is 57.6. The summed E-state index contributed by atoms with van der Waals surface area (Å²) >= 11 is 0. The zero-order chi connectivity index (χ0) is 70.5. The van der Waals surface area contributed by atoms with Crippen LogP contribution in [0.1, 0.15) is 285 Å². The van der Waals surface area contributed by atoms with Gasteiger partial charge in [0.2, 0.25) is 30.1 Å². The van der Waals surface area contributed by atoms with Crippen LogP contribution >= 0.6 is 0 Å². The molecular weight excluding hydrogens is 1290 g/mol. The highest BCUT2D eigenvalue weighted by atomic mass is 32.2. The third-order valence-electron chi connectivity index (χ3n) is 18.4. The van der Waals surface area contributed by atoms with Gasteiger partial charge in [-0.1, -0.05) is 295 Å². The predicted molar refractivity (Wildman–Crippen MR) is 410 cm³/mol. The van der Waals surface area contributed by atoms with Crippen molar-refractivity contribution >= 4 is 35.8 Å². The number of nitrogens with one attached hydrogen (secondary N) is 1. The molecule has 0 amide bonds. The Morgan fingerprint density at radius 1 is 0.306 bits per heavy atom. The predicted octanol–water partition coefficient (Wildman–Crippen LogP) is 20.3. The molecule has 0 aromatic heterocycles. The number of anilines is 1. The molecule has 98 heavy (non-hydrogen) atoms. The van der Waals surface area contributed by atoms with E-state index in [4.69, 9.17) is 24.7 Å². The molecular formula is C80H135N5O10S3. The Bertz CT molecular complexity index is 2790. The maximum atomic E-state index is 15.1. The molecule has 3 N–H and O–H groups in total. The van der Waals surface area contributed by atoms with Crippen LogP contribution in [0.15, 0.2) is 112 Å². The quantitative estimate of drug-likeness (QED) is 0.0403. The molecule has 4 rings (SSSR count). The fourth-order valence-corrected chi connectivity index (χ4v) is 16.3. The smallest absolute Gasteiger partial charge is 0.243 e. The molecule has 0 bridgehead atoms. The van der Waals surface area contributed by atoms with Crippen LogP contribution in [0.25, 0.3) is 0 Å². The van der Waals surface area contributed by atoms with Gasteiger partial charge in [0, 0.05) is 70.2 Å². The van der Waals surface area contributed by atoms with E-state index in [1.807, 2.05) is 0 Å². The van der Waals surface area contributed by atoms with Crippen molar-refractivity contribution < 1.29 is 44.2 Å². The molecule has 1 heterocycles. The summed E-state index contributed by atoms with van der Waals surface area (Å²) in [6, 6.07) is 16.1. The molecule has 0 fully saturated rings. The van der Waals surface area contributed by atoms with Crippen molar-refractivity contribution in [2.75, 3.05) is 84.1 Å². The molecule has 0 radical (unpaired) electrons. The van der Waals surface area contributed by atoms with Gasteiger partial charge in [-0.05, 0) is 74.2 Å². The van der Waals surface area contributed by atoms with Gasteiger partial charge in [-0.3, -0.25) is 0 Å². The van der Waals surface area contributed by atoms with E-state index in [0.717, 1.165) is 82.7 Å². The summed E-state index contributed by atoms with van der Waals surface area (Å²) < 4.78 is 119. The van der Waals surface area contributed by atoms with E-state index in [-0.39, 0.29) is 54.0 Å². The highest BCUT2D eigenvalue weighted by molar-refractivity contribution is 7.89. The Morgan fingerprint density at radius 3 is 0.786 bits per heavy atom. The second-order valence-electron chi connectivity index (χ2n) is 27.0. The van der Waals surface area contributed by atoms with Gasteiger partial charge in [0.1, 0.15) is 0 Å². The number of rotatable bonds is 57. The third-order valence-corrected chi connectivity index (χ3v) is 23.9. The van der Waals surface area contributed by atoms with E-state index in [1.54, 1.807) is 97.1 Å². The van der Waals surface area contributed by atoms with E-state index in [9.17, 15) is 8.42 Å². The lowest BCUT2D eigenvalue weighted by Crippen LogP contribution is -2.33. The average molecular weight is 1420 g/mol. The summed E-state index contributed by atoms with van der Waals surface area (Å²) in [7, 11) is -12.6. The van der Waals surface area contributed by atoms with Gasteiger partial charge in [0.05, 0.1) is 41.1 Å². The SMILES string of the molecule is CCCCCCCCCCCCOc1ccc(S(=O)(=O)N2C/C=C\CN(S(=O)(=O)c3ccc(NCCN)cc3)C/C=C/CN(S(=O)(=O)c3ccc(OCCCCCCCCCCCC)c(OCCCCCCCCCCCC)c3)C/C=C/C2)cc1OCCCCCCCCCCCC. The van der Waals surface area contributed by atoms with E-state index in [0.29, 0.717) is 62.5 Å². The fraction of sp³-hybridized carbons (Fsp3) is 0.700. The van der Waals surface area contributed by atoms with Crippen LogP contribution < -0.4 is 30.0 Å². The lowest BCUT2D eigenvalue weighted by molar-refractivity contribution is 0.257. The van der Waals surface area contributed by atoms with E-state index in [2.05, 4.69) is 33.0 Å². The summed E-state index contributed by atoms with van der Waals surface area (Å²) in [5.41, 5.74) is 6.44. The first-order chi connectivity index (χ1) is 47.8. The van der Waals surface area contributed by atoms with E-state index in [1.165, 1.54) is 193 Å². The number of unbranched alkanes of at least 4 members (excludes halogenated alkanes) is 36. The van der Waals surface area contributed by atoms with Crippen molar-refractivity contribution in [1.29, 1.82) is 0 Å². The molecule has 0 spiro atoms. The van der Waals surface area contributed by atoms with Gasteiger partial charge in [0.15, 0.2) is 23.0 Å². The van der Waals surface area contributed by atoms with E-state index >= 15 is 16.8 Å². The molecule has 1 aliphatic rings. The first kappa shape index (κ1) is 86.0. The van der Waals surface area contributed by atoms with Crippen LogP contribution in [0.4, 0.5) is 5.69 Å². The number of hydrogen-bond donors (Lipinski definition) is 2.